The zero-order valence-corrected chi connectivity index (χ0v) is 15.2. The van der Waals surface area contributed by atoms with Crippen LogP contribution in [0.1, 0.15) is 22.3 Å². The molecule has 0 aliphatic rings. The van der Waals surface area contributed by atoms with Crippen LogP contribution in [-0.4, -0.2) is 11.3 Å². The number of aliphatic hydroxyl groups is 1. The molecule has 0 atom stereocenters. The van der Waals surface area contributed by atoms with E-state index >= 15 is 0 Å². The van der Waals surface area contributed by atoms with Crippen LogP contribution < -0.4 is 0 Å². The summed E-state index contributed by atoms with van der Waals surface area (Å²) >= 11 is 0. The van der Waals surface area contributed by atoms with Crippen molar-refractivity contribution in [3.05, 3.63) is 101 Å². The van der Waals surface area contributed by atoms with Crippen LogP contribution in [0.15, 0.2) is 83.9 Å². The lowest BCUT2D eigenvalue weighted by Crippen LogP contribution is -2.29. The van der Waals surface area contributed by atoms with Crippen molar-refractivity contribution in [2.24, 2.45) is 4.99 Å². The predicted molar refractivity (Wildman–Crippen MR) is 100 cm³/mol. The molecule has 30 heavy (non-hydrogen) atoms. The van der Waals surface area contributed by atoms with E-state index in [9.17, 15) is 31.4 Å². The van der Waals surface area contributed by atoms with Crippen molar-refractivity contribution in [2.45, 2.75) is 18.0 Å². The van der Waals surface area contributed by atoms with Gasteiger partial charge in [0, 0.05) is 6.21 Å². The third-order valence-electron chi connectivity index (χ3n) is 4.46. The Labute approximate surface area is 168 Å². The number of rotatable bonds is 4. The molecule has 0 fully saturated rings. The first-order chi connectivity index (χ1) is 14.0. The lowest BCUT2D eigenvalue weighted by Gasteiger charge is -2.26. The quantitative estimate of drug-likeness (QED) is 0.384. The highest BCUT2D eigenvalue weighted by molar-refractivity contribution is 5.79. The number of benzene rings is 3. The van der Waals surface area contributed by atoms with Gasteiger partial charge in [0.25, 0.3) is 0 Å². The Kier molecular flexibility index (Phi) is 5.72. The minimum absolute atomic E-state index is 0.0231. The fourth-order valence-electron chi connectivity index (χ4n) is 2.82. The number of para-hydroxylation sites is 1. The maximum absolute atomic E-state index is 12.9. The summed E-state index contributed by atoms with van der Waals surface area (Å²) in [4.78, 5) is 4.15. The third-order valence-corrected chi connectivity index (χ3v) is 4.46. The van der Waals surface area contributed by atoms with Gasteiger partial charge in [0.1, 0.15) is 0 Å². The lowest BCUT2D eigenvalue weighted by molar-refractivity contribution is -0.138. The Morgan fingerprint density at radius 2 is 0.933 bits per heavy atom. The molecule has 0 unspecified atom stereocenters. The number of hydrogen-bond acceptors (Lipinski definition) is 2. The molecule has 0 aromatic heterocycles. The normalized spacial score (nSPS) is 13.0. The van der Waals surface area contributed by atoms with E-state index in [0.717, 1.165) is 54.7 Å². The summed E-state index contributed by atoms with van der Waals surface area (Å²) in [5, 5.41) is 11.3. The van der Waals surface area contributed by atoms with Gasteiger partial charge in [-0.15, -0.1) is 0 Å². The van der Waals surface area contributed by atoms with E-state index in [1.807, 2.05) is 0 Å². The lowest BCUT2D eigenvalue weighted by atomic mass is 9.86. The van der Waals surface area contributed by atoms with Gasteiger partial charge in [0.2, 0.25) is 0 Å². The van der Waals surface area contributed by atoms with Crippen molar-refractivity contribution in [1.29, 1.82) is 0 Å². The van der Waals surface area contributed by atoms with Gasteiger partial charge in [-0.3, -0.25) is 4.99 Å². The SMILES string of the molecule is OC(C=Nc1ccccc1)(c1ccc(C(F)(F)F)cc1)c1ccc(C(F)(F)F)cc1. The first-order valence-corrected chi connectivity index (χ1v) is 8.68. The van der Waals surface area contributed by atoms with Crippen LogP contribution in [0, 0.1) is 0 Å². The number of alkyl halides is 6. The van der Waals surface area contributed by atoms with E-state index in [4.69, 9.17) is 0 Å². The van der Waals surface area contributed by atoms with Crippen molar-refractivity contribution in [2.75, 3.05) is 0 Å². The van der Waals surface area contributed by atoms with Crippen LogP contribution in [-0.2, 0) is 18.0 Å². The molecule has 2 nitrogen and oxygen atoms in total. The van der Waals surface area contributed by atoms with Crippen LogP contribution in [0.4, 0.5) is 32.0 Å². The molecule has 0 aliphatic carbocycles. The molecule has 0 saturated carbocycles. The topological polar surface area (TPSA) is 32.6 Å². The highest BCUT2D eigenvalue weighted by Crippen LogP contribution is 2.35. The number of aliphatic imine (C=N–C) groups is 1. The smallest absolute Gasteiger partial charge is 0.375 e. The average molecular weight is 423 g/mol. The van der Waals surface area contributed by atoms with Gasteiger partial charge < -0.3 is 5.11 Å². The molecule has 3 rings (SSSR count). The summed E-state index contributed by atoms with van der Waals surface area (Å²) < 4.78 is 77.2. The van der Waals surface area contributed by atoms with Crippen molar-refractivity contribution >= 4 is 11.9 Å². The standard InChI is InChI=1S/C22H15F6NO/c23-21(24,25)17-10-6-15(7-11-17)20(30,14-29-19-4-2-1-3-5-19)16-8-12-18(13-9-16)22(26,27)28/h1-14,30H. The minimum Gasteiger partial charge on any atom is -0.375 e. The van der Waals surface area contributed by atoms with Crippen molar-refractivity contribution in [3.63, 3.8) is 0 Å². The summed E-state index contributed by atoms with van der Waals surface area (Å²) in [6.45, 7) is 0. The molecule has 0 saturated heterocycles. The van der Waals surface area contributed by atoms with E-state index in [2.05, 4.69) is 4.99 Å². The average Bonchev–Trinajstić information content (AvgIpc) is 2.72. The van der Waals surface area contributed by atoms with Gasteiger partial charge in [0.05, 0.1) is 16.8 Å². The number of hydrogen-bond donors (Lipinski definition) is 1. The molecule has 156 valence electrons. The monoisotopic (exact) mass is 423 g/mol. The first kappa shape index (κ1) is 21.6. The number of nitrogens with zero attached hydrogens (tertiary/aromatic N) is 1. The zero-order valence-electron chi connectivity index (χ0n) is 15.2. The van der Waals surface area contributed by atoms with Crippen LogP contribution in [0.2, 0.25) is 0 Å². The summed E-state index contributed by atoms with van der Waals surface area (Å²) in [5.74, 6) is 0. The fourth-order valence-corrected chi connectivity index (χ4v) is 2.82. The van der Waals surface area contributed by atoms with Gasteiger partial charge >= 0.3 is 12.4 Å². The Hall–Kier alpha value is -3.13. The maximum atomic E-state index is 12.9. The van der Waals surface area contributed by atoms with Gasteiger partial charge in [-0.25, -0.2) is 0 Å². The van der Waals surface area contributed by atoms with Crippen LogP contribution in [0.25, 0.3) is 0 Å². The summed E-state index contributed by atoms with van der Waals surface area (Å²) in [6, 6.07) is 15.8. The molecule has 1 N–H and O–H groups in total. The van der Waals surface area contributed by atoms with Crippen LogP contribution in [0.5, 0.6) is 0 Å². The molecule has 0 spiro atoms. The third kappa shape index (κ3) is 4.71. The second-order valence-corrected chi connectivity index (χ2v) is 6.51. The van der Waals surface area contributed by atoms with Crippen molar-refractivity contribution in [3.8, 4) is 0 Å². The summed E-state index contributed by atoms with van der Waals surface area (Å²) in [7, 11) is 0. The second-order valence-electron chi connectivity index (χ2n) is 6.51. The van der Waals surface area contributed by atoms with Crippen LogP contribution in [0.3, 0.4) is 0 Å². The Morgan fingerprint density at radius 3 is 1.30 bits per heavy atom. The van der Waals surface area contributed by atoms with E-state index in [1.54, 1.807) is 30.3 Å². The Morgan fingerprint density at radius 1 is 0.567 bits per heavy atom. The van der Waals surface area contributed by atoms with Crippen molar-refractivity contribution in [1.82, 2.24) is 0 Å². The summed E-state index contributed by atoms with van der Waals surface area (Å²) in [6.07, 6.45) is -8.04. The van der Waals surface area contributed by atoms with E-state index in [1.165, 1.54) is 0 Å². The van der Waals surface area contributed by atoms with Crippen molar-refractivity contribution < 1.29 is 31.4 Å². The summed E-state index contributed by atoms with van der Waals surface area (Å²) in [5.41, 5.74) is -3.38. The van der Waals surface area contributed by atoms with Crippen LogP contribution >= 0.6 is 0 Å². The number of halogens is 6. The molecule has 3 aromatic rings. The fraction of sp³-hybridized carbons (Fsp3) is 0.136. The Bertz CT molecular complexity index is 949. The molecule has 3 aromatic carbocycles. The molecule has 0 aliphatic heterocycles. The predicted octanol–water partition coefficient (Wildman–Crippen LogP) is 6.36. The molecular weight excluding hydrogens is 408 g/mol. The molecule has 0 heterocycles. The van der Waals surface area contributed by atoms with E-state index in [0.29, 0.717) is 5.69 Å². The molecule has 0 amide bonds. The second kappa shape index (κ2) is 7.95. The van der Waals surface area contributed by atoms with E-state index in [-0.39, 0.29) is 11.1 Å². The zero-order chi connectivity index (χ0) is 22.0. The van der Waals surface area contributed by atoms with Gasteiger partial charge in [-0.2, -0.15) is 26.3 Å². The first-order valence-electron chi connectivity index (χ1n) is 8.68. The Balaban J connectivity index is 2.08. The van der Waals surface area contributed by atoms with Gasteiger partial charge in [0.15, 0.2) is 5.60 Å². The highest BCUT2D eigenvalue weighted by Gasteiger charge is 2.35. The van der Waals surface area contributed by atoms with E-state index < -0.39 is 29.1 Å². The minimum atomic E-state index is -4.57. The largest absolute Gasteiger partial charge is 0.416 e. The van der Waals surface area contributed by atoms with Gasteiger partial charge in [-0.05, 0) is 47.5 Å². The molecule has 0 bridgehead atoms. The molecular formula is C22H15F6NO. The molecule has 8 heteroatoms. The molecule has 0 radical (unpaired) electrons. The van der Waals surface area contributed by atoms with Gasteiger partial charge in [-0.1, -0.05) is 42.5 Å². The maximum Gasteiger partial charge on any atom is 0.416 e. The highest BCUT2D eigenvalue weighted by atomic mass is 19.4.